The number of aryl methyl sites for hydroxylation is 1. The van der Waals surface area contributed by atoms with Gasteiger partial charge in [0.05, 0.1) is 7.11 Å². The Morgan fingerprint density at radius 3 is 2.69 bits per heavy atom. The van der Waals surface area contributed by atoms with E-state index < -0.39 is 6.04 Å². The van der Waals surface area contributed by atoms with Gasteiger partial charge in [0.1, 0.15) is 6.04 Å². The lowest BCUT2D eigenvalue weighted by Gasteiger charge is -2.20. The molecule has 88 valence electrons. The quantitative estimate of drug-likeness (QED) is 0.786. The monoisotopic (exact) mass is 222 g/mol. The van der Waals surface area contributed by atoms with E-state index in [1.807, 2.05) is 26.8 Å². The van der Waals surface area contributed by atoms with Crippen LogP contribution in [0.1, 0.15) is 31.0 Å². The van der Waals surface area contributed by atoms with Gasteiger partial charge in [0.2, 0.25) is 0 Å². The van der Waals surface area contributed by atoms with Gasteiger partial charge in [-0.1, -0.05) is 0 Å². The number of carbonyl (C=O) groups is 1. The van der Waals surface area contributed by atoms with Crippen molar-refractivity contribution >= 4 is 5.97 Å². The number of methoxy groups -OCH3 is 1. The molecular formula is C12H18N2O2. The fourth-order valence-electron chi connectivity index (χ4n) is 1.51. The van der Waals surface area contributed by atoms with Gasteiger partial charge in [-0.15, -0.1) is 0 Å². The van der Waals surface area contributed by atoms with Crippen LogP contribution in [0, 0.1) is 6.92 Å². The third kappa shape index (κ3) is 3.03. The van der Waals surface area contributed by atoms with Crippen molar-refractivity contribution in [3.63, 3.8) is 0 Å². The lowest BCUT2D eigenvalue weighted by atomic mass is 10.0. The van der Waals surface area contributed by atoms with E-state index in [4.69, 9.17) is 4.74 Å². The molecule has 0 fully saturated rings. The first-order valence-corrected chi connectivity index (χ1v) is 5.30. The summed E-state index contributed by atoms with van der Waals surface area (Å²) in [6.45, 7) is 5.93. The SMILES string of the molecule is COC(=O)C(NC(C)C)c1cnccc1C. The zero-order valence-electron chi connectivity index (χ0n) is 10.2. The Hall–Kier alpha value is -1.42. The maximum absolute atomic E-state index is 11.7. The highest BCUT2D eigenvalue weighted by molar-refractivity contribution is 5.77. The van der Waals surface area contributed by atoms with Gasteiger partial charge < -0.3 is 4.74 Å². The molecule has 1 rings (SSSR count). The number of hydrogen-bond acceptors (Lipinski definition) is 4. The Morgan fingerprint density at radius 2 is 2.19 bits per heavy atom. The number of esters is 1. The van der Waals surface area contributed by atoms with Gasteiger partial charge in [-0.3, -0.25) is 10.3 Å². The third-order valence-corrected chi connectivity index (χ3v) is 2.33. The normalized spacial score (nSPS) is 12.6. The number of rotatable bonds is 4. The summed E-state index contributed by atoms with van der Waals surface area (Å²) < 4.78 is 4.79. The molecule has 0 bridgehead atoms. The van der Waals surface area contributed by atoms with Gasteiger partial charge in [0, 0.05) is 24.0 Å². The van der Waals surface area contributed by atoms with Gasteiger partial charge in [0.15, 0.2) is 0 Å². The highest BCUT2D eigenvalue weighted by Gasteiger charge is 2.23. The van der Waals surface area contributed by atoms with Crippen LogP contribution in [0.15, 0.2) is 18.5 Å². The van der Waals surface area contributed by atoms with E-state index in [0.717, 1.165) is 11.1 Å². The number of nitrogens with one attached hydrogen (secondary N) is 1. The van der Waals surface area contributed by atoms with Crippen LogP contribution >= 0.6 is 0 Å². The zero-order chi connectivity index (χ0) is 12.1. The van der Waals surface area contributed by atoms with E-state index in [9.17, 15) is 4.79 Å². The summed E-state index contributed by atoms with van der Waals surface area (Å²) in [7, 11) is 1.39. The minimum Gasteiger partial charge on any atom is -0.468 e. The van der Waals surface area contributed by atoms with Gasteiger partial charge in [-0.05, 0) is 32.4 Å². The number of aromatic nitrogens is 1. The minimum absolute atomic E-state index is 0.198. The fourth-order valence-corrected chi connectivity index (χ4v) is 1.51. The van der Waals surface area contributed by atoms with Crippen molar-refractivity contribution in [3.8, 4) is 0 Å². The first kappa shape index (κ1) is 12.6. The molecular weight excluding hydrogens is 204 g/mol. The minimum atomic E-state index is -0.446. The Labute approximate surface area is 96.0 Å². The predicted molar refractivity (Wildman–Crippen MR) is 62.0 cm³/mol. The Morgan fingerprint density at radius 1 is 1.50 bits per heavy atom. The standard InChI is InChI=1S/C12H18N2O2/c1-8(2)14-11(12(15)16-4)10-7-13-6-5-9(10)3/h5-8,11,14H,1-4H3. The van der Waals surface area contributed by atoms with Crippen molar-refractivity contribution in [2.75, 3.05) is 7.11 Å². The molecule has 4 nitrogen and oxygen atoms in total. The molecule has 0 saturated heterocycles. The van der Waals surface area contributed by atoms with E-state index in [0.29, 0.717) is 0 Å². The molecule has 1 heterocycles. The fraction of sp³-hybridized carbons (Fsp3) is 0.500. The van der Waals surface area contributed by atoms with E-state index in [2.05, 4.69) is 10.3 Å². The Kier molecular flexibility index (Phi) is 4.43. The summed E-state index contributed by atoms with van der Waals surface area (Å²) in [4.78, 5) is 15.7. The van der Waals surface area contributed by atoms with Gasteiger partial charge >= 0.3 is 5.97 Å². The predicted octanol–water partition coefficient (Wildman–Crippen LogP) is 1.60. The van der Waals surface area contributed by atoms with Crippen LogP contribution in [0.2, 0.25) is 0 Å². The second kappa shape index (κ2) is 5.61. The topological polar surface area (TPSA) is 51.2 Å². The smallest absolute Gasteiger partial charge is 0.327 e. The van der Waals surface area contributed by atoms with E-state index in [1.54, 1.807) is 12.4 Å². The molecule has 1 N–H and O–H groups in total. The maximum atomic E-state index is 11.7. The molecule has 0 aliphatic heterocycles. The molecule has 0 aromatic carbocycles. The molecule has 0 aliphatic carbocycles. The summed E-state index contributed by atoms with van der Waals surface area (Å²) in [6.07, 6.45) is 3.41. The molecule has 0 saturated carbocycles. The van der Waals surface area contributed by atoms with Crippen LogP contribution in [0.4, 0.5) is 0 Å². The molecule has 1 aromatic heterocycles. The van der Waals surface area contributed by atoms with Crippen molar-refractivity contribution in [2.24, 2.45) is 0 Å². The van der Waals surface area contributed by atoms with Crippen LogP contribution < -0.4 is 5.32 Å². The molecule has 0 aliphatic rings. The molecule has 0 radical (unpaired) electrons. The Bertz CT molecular complexity index is 364. The van der Waals surface area contributed by atoms with Crippen LogP contribution in [-0.2, 0) is 9.53 Å². The number of ether oxygens (including phenoxy) is 1. The summed E-state index contributed by atoms with van der Waals surface area (Å²) in [5.74, 6) is -0.287. The van der Waals surface area contributed by atoms with E-state index in [-0.39, 0.29) is 12.0 Å². The largest absolute Gasteiger partial charge is 0.468 e. The lowest BCUT2D eigenvalue weighted by molar-refractivity contribution is -0.143. The van der Waals surface area contributed by atoms with Crippen LogP contribution in [0.5, 0.6) is 0 Å². The average Bonchev–Trinajstić information content (AvgIpc) is 2.26. The first-order chi connectivity index (χ1) is 7.56. The summed E-state index contributed by atoms with van der Waals surface area (Å²) in [5.41, 5.74) is 1.89. The zero-order valence-corrected chi connectivity index (χ0v) is 10.2. The third-order valence-electron chi connectivity index (χ3n) is 2.33. The Balaban J connectivity index is 3.01. The summed E-state index contributed by atoms with van der Waals surface area (Å²) >= 11 is 0. The van der Waals surface area contributed by atoms with Crippen molar-refractivity contribution in [3.05, 3.63) is 29.6 Å². The molecule has 4 heteroatoms. The van der Waals surface area contributed by atoms with Crippen molar-refractivity contribution in [1.29, 1.82) is 0 Å². The first-order valence-electron chi connectivity index (χ1n) is 5.30. The van der Waals surface area contributed by atoms with Crippen LogP contribution in [-0.4, -0.2) is 24.1 Å². The van der Waals surface area contributed by atoms with Crippen molar-refractivity contribution < 1.29 is 9.53 Å². The second-order valence-corrected chi connectivity index (χ2v) is 4.01. The van der Waals surface area contributed by atoms with Gasteiger partial charge in [-0.2, -0.15) is 0 Å². The van der Waals surface area contributed by atoms with Gasteiger partial charge in [-0.25, -0.2) is 4.79 Å². The summed E-state index contributed by atoms with van der Waals surface area (Å²) in [6, 6.07) is 1.63. The lowest BCUT2D eigenvalue weighted by Crippen LogP contribution is -2.34. The van der Waals surface area contributed by atoms with Crippen molar-refractivity contribution in [1.82, 2.24) is 10.3 Å². The maximum Gasteiger partial charge on any atom is 0.327 e. The highest BCUT2D eigenvalue weighted by atomic mass is 16.5. The van der Waals surface area contributed by atoms with Crippen LogP contribution in [0.25, 0.3) is 0 Å². The average molecular weight is 222 g/mol. The van der Waals surface area contributed by atoms with E-state index in [1.165, 1.54) is 7.11 Å². The number of carbonyl (C=O) groups excluding carboxylic acids is 1. The molecule has 0 amide bonds. The second-order valence-electron chi connectivity index (χ2n) is 4.01. The van der Waals surface area contributed by atoms with Crippen LogP contribution in [0.3, 0.4) is 0 Å². The highest BCUT2D eigenvalue weighted by Crippen LogP contribution is 2.18. The van der Waals surface area contributed by atoms with Gasteiger partial charge in [0.25, 0.3) is 0 Å². The molecule has 1 aromatic rings. The number of pyridine rings is 1. The molecule has 0 spiro atoms. The van der Waals surface area contributed by atoms with Crippen molar-refractivity contribution in [2.45, 2.75) is 32.9 Å². The molecule has 1 atom stereocenters. The summed E-state index contributed by atoms with van der Waals surface area (Å²) in [5, 5.41) is 3.17. The molecule has 1 unspecified atom stereocenters. The van der Waals surface area contributed by atoms with E-state index >= 15 is 0 Å². The number of nitrogens with zero attached hydrogens (tertiary/aromatic N) is 1. The molecule has 16 heavy (non-hydrogen) atoms. The number of hydrogen-bond donors (Lipinski definition) is 1.